The Morgan fingerprint density at radius 2 is 1.47 bits per heavy atom. The van der Waals surface area contributed by atoms with Gasteiger partial charge in [0.2, 0.25) is 20.0 Å². The van der Waals surface area contributed by atoms with Crippen LogP contribution in [0.5, 0.6) is 11.5 Å². The molecule has 2 aliphatic rings. The molecule has 0 saturated carbocycles. The van der Waals surface area contributed by atoms with Crippen LogP contribution in [0, 0.1) is 0 Å². The first kappa shape index (κ1) is 21.1. The van der Waals surface area contributed by atoms with E-state index in [-0.39, 0.29) is 9.79 Å². The predicted octanol–water partition coefficient (Wildman–Crippen LogP) is 2.28. The minimum absolute atomic E-state index is 0.00673. The van der Waals surface area contributed by atoms with E-state index in [1.165, 1.54) is 28.6 Å². The van der Waals surface area contributed by atoms with Crippen molar-refractivity contribution in [1.29, 1.82) is 0 Å². The molecule has 10 heteroatoms. The standard InChI is InChI=1S/C20H24N2O6S2/c1-15(16-4-9-19-20(14-16)28-13-12-27-19)21-29(23,24)17-5-7-18(8-6-17)30(25,26)22-10-2-3-11-22/h4-9,14-15,21H,2-3,10-13H2,1H3/t15-/m1/s1. The van der Waals surface area contributed by atoms with Crippen molar-refractivity contribution in [3.63, 3.8) is 0 Å². The summed E-state index contributed by atoms with van der Waals surface area (Å²) in [4.78, 5) is 0.107. The van der Waals surface area contributed by atoms with Crippen LogP contribution in [0.3, 0.4) is 0 Å². The third-order valence-electron chi connectivity index (χ3n) is 5.23. The summed E-state index contributed by atoms with van der Waals surface area (Å²) in [6.45, 7) is 3.66. The highest BCUT2D eigenvalue weighted by Crippen LogP contribution is 2.33. The molecule has 2 aromatic rings. The zero-order valence-electron chi connectivity index (χ0n) is 16.6. The van der Waals surface area contributed by atoms with Gasteiger partial charge in [0, 0.05) is 19.1 Å². The summed E-state index contributed by atoms with van der Waals surface area (Å²) in [5.41, 5.74) is 0.732. The first-order valence-corrected chi connectivity index (χ1v) is 12.7. The maximum atomic E-state index is 12.8. The van der Waals surface area contributed by atoms with Gasteiger partial charge in [0.05, 0.1) is 9.79 Å². The fraction of sp³-hybridized carbons (Fsp3) is 0.400. The van der Waals surface area contributed by atoms with Gasteiger partial charge in [0.25, 0.3) is 0 Å². The van der Waals surface area contributed by atoms with Crippen molar-refractivity contribution in [2.45, 2.75) is 35.6 Å². The highest BCUT2D eigenvalue weighted by molar-refractivity contribution is 7.89. The van der Waals surface area contributed by atoms with E-state index in [0.29, 0.717) is 37.8 Å². The van der Waals surface area contributed by atoms with Crippen LogP contribution in [0.15, 0.2) is 52.3 Å². The zero-order chi connectivity index (χ0) is 21.4. The Bertz CT molecular complexity index is 1120. The van der Waals surface area contributed by atoms with E-state index in [0.717, 1.165) is 18.4 Å². The van der Waals surface area contributed by atoms with E-state index in [2.05, 4.69) is 4.72 Å². The van der Waals surface area contributed by atoms with Crippen LogP contribution in [-0.2, 0) is 20.0 Å². The molecule has 0 aromatic heterocycles. The lowest BCUT2D eigenvalue weighted by atomic mass is 10.1. The molecule has 0 radical (unpaired) electrons. The van der Waals surface area contributed by atoms with Crippen LogP contribution in [-0.4, -0.2) is 47.4 Å². The Hall–Kier alpha value is -2.14. The summed E-state index contributed by atoms with van der Waals surface area (Å²) in [5, 5.41) is 0. The number of rotatable bonds is 6. The second-order valence-electron chi connectivity index (χ2n) is 7.33. The quantitative estimate of drug-likeness (QED) is 0.722. The summed E-state index contributed by atoms with van der Waals surface area (Å²) in [6.07, 6.45) is 1.68. The molecule has 0 amide bonds. The summed E-state index contributed by atoms with van der Waals surface area (Å²) in [6, 6.07) is 10.1. The molecule has 30 heavy (non-hydrogen) atoms. The Kier molecular flexibility index (Phi) is 5.75. The number of nitrogens with zero attached hydrogens (tertiary/aromatic N) is 1. The average molecular weight is 453 g/mol. The summed E-state index contributed by atoms with van der Waals surface area (Å²) in [5.74, 6) is 1.22. The summed E-state index contributed by atoms with van der Waals surface area (Å²) in [7, 11) is -7.42. The fourth-order valence-electron chi connectivity index (χ4n) is 3.57. The Balaban J connectivity index is 1.50. The monoisotopic (exact) mass is 452 g/mol. The van der Waals surface area contributed by atoms with Crippen molar-refractivity contribution in [2.24, 2.45) is 0 Å². The third kappa shape index (κ3) is 4.18. The molecule has 0 bridgehead atoms. The maximum absolute atomic E-state index is 12.8. The molecular formula is C20H24N2O6S2. The van der Waals surface area contributed by atoms with E-state index in [4.69, 9.17) is 9.47 Å². The van der Waals surface area contributed by atoms with Crippen molar-refractivity contribution >= 4 is 20.0 Å². The number of hydrogen-bond donors (Lipinski definition) is 1. The van der Waals surface area contributed by atoms with Crippen LogP contribution in [0.2, 0.25) is 0 Å². The number of nitrogens with one attached hydrogen (secondary N) is 1. The predicted molar refractivity (Wildman–Crippen MR) is 111 cm³/mol. The Labute approximate surface area is 176 Å². The SMILES string of the molecule is C[C@@H](NS(=O)(=O)c1ccc(S(=O)(=O)N2CCCC2)cc1)c1ccc2c(c1)OCCO2. The Morgan fingerprint density at radius 3 is 2.13 bits per heavy atom. The van der Waals surface area contributed by atoms with Crippen molar-refractivity contribution in [1.82, 2.24) is 9.03 Å². The van der Waals surface area contributed by atoms with Crippen molar-refractivity contribution in [3.05, 3.63) is 48.0 Å². The highest BCUT2D eigenvalue weighted by Gasteiger charge is 2.28. The zero-order valence-corrected chi connectivity index (χ0v) is 18.2. The molecule has 2 aromatic carbocycles. The smallest absolute Gasteiger partial charge is 0.243 e. The van der Waals surface area contributed by atoms with Gasteiger partial charge in [-0.1, -0.05) is 6.07 Å². The van der Waals surface area contributed by atoms with Gasteiger partial charge in [0.1, 0.15) is 13.2 Å². The first-order valence-electron chi connectivity index (χ1n) is 9.79. The molecule has 1 fully saturated rings. The van der Waals surface area contributed by atoms with E-state index in [1.54, 1.807) is 25.1 Å². The molecule has 8 nitrogen and oxygen atoms in total. The van der Waals surface area contributed by atoms with Crippen LogP contribution < -0.4 is 14.2 Å². The fourth-order valence-corrected chi connectivity index (χ4v) is 6.32. The molecule has 1 saturated heterocycles. The van der Waals surface area contributed by atoms with Crippen LogP contribution in [0.4, 0.5) is 0 Å². The average Bonchev–Trinajstić information content (AvgIpc) is 3.29. The van der Waals surface area contributed by atoms with Gasteiger partial charge in [-0.25, -0.2) is 21.6 Å². The van der Waals surface area contributed by atoms with Gasteiger partial charge in [-0.15, -0.1) is 0 Å². The number of sulfonamides is 2. The lowest BCUT2D eigenvalue weighted by Crippen LogP contribution is -2.28. The van der Waals surface area contributed by atoms with Crippen LogP contribution in [0.25, 0.3) is 0 Å². The van der Waals surface area contributed by atoms with Gasteiger partial charge in [-0.05, 0) is 61.7 Å². The minimum Gasteiger partial charge on any atom is -0.486 e. The van der Waals surface area contributed by atoms with Crippen LogP contribution in [0.1, 0.15) is 31.4 Å². The number of benzene rings is 2. The highest BCUT2D eigenvalue weighted by atomic mass is 32.2. The second-order valence-corrected chi connectivity index (χ2v) is 11.0. The maximum Gasteiger partial charge on any atom is 0.243 e. The van der Waals surface area contributed by atoms with Crippen molar-refractivity contribution < 1.29 is 26.3 Å². The molecule has 1 atom stereocenters. The van der Waals surface area contributed by atoms with E-state index in [9.17, 15) is 16.8 Å². The molecule has 2 aliphatic heterocycles. The lowest BCUT2D eigenvalue weighted by Gasteiger charge is -2.21. The third-order valence-corrected chi connectivity index (χ3v) is 8.70. The molecule has 0 spiro atoms. The van der Waals surface area contributed by atoms with Gasteiger partial charge in [-0.3, -0.25) is 0 Å². The van der Waals surface area contributed by atoms with Gasteiger partial charge < -0.3 is 9.47 Å². The minimum atomic E-state index is -3.84. The summed E-state index contributed by atoms with van der Waals surface area (Å²) >= 11 is 0. The van der Waals surface area contributed by atoms with E-state index in [1.807, 2.05) is 0 Å². The second kappa shape index (κ2) is 8.18. The largest absolute Gasteiger partial charge is 0.486 e. The normalized spacial score (nSPS) is 18.3. The van der Waals surface area contributed by atoms with E-state index < -0.39 is 26.1 Å². The molecule has 0 unspecified atom stereocenters. The van der Waals surface area contributed by atoms with Gasteiger partial charge in [-0.2, -0.15) is 4.31 Å². The number of fused-ring (bicyclic) bond motifs is 1. The molecule has 0 aliphatic carbocycles. The number of hydrogen-bond acceptors (Lipinski definition) is 6. The molecule has 2 heterocycles. The molecular weight excluding hydrogens is 428 g/mol. The van der Waals surface area contributed by atoms with Gasteiger partial charge in [0.15, 0.2) is 11.5 Å². The van der Waals surface area contributed by atoms with E-state index >= 15 is 0 Å². The molecule has 162 valence electrons. The lowest BCUT2D eigenvalue weighted by molar-refractivity contribution is 0.171. The summed E-state index contributed by atoms with van der Waals surface area (Å²) < 4.78 is 65.9. The Morgan fingerprint density at radius 1 is 0.867 bits per heavy atom. The van der Waals surface area contributed by atoms with Crippen LogP contribution >= 0.6 is 0 Å². The number of ether oxygens (including phenoxy) is 2. The van der Waals surface area contributed by atoms with Gasteiger partial charge >= 0.3 is 0 Å². The first-order chi connectivity index (χ1) is 14.3. The topological polar surface area (TPSA) is 102 Å². The molecule has 4 rings (SSSR count). The van der Waals surface area contributed by atoms with Crippen molar-refractivity contribution in [2.75, 3.05) is 26.3 Å². The molecule has 1 N–H and O–H groups in total. The van der Waals surface area contributed by atoms with Crippen molar-refractivity contribution in [3.8, 4) is 11.5 Å².